The molecule has 3 amide bonds. The van der Waals surface area contributed by atoms with Gasteiger partial charge in [0.15, 0.2) is 6.61 Å². The summed E-state index contributed by atoms with van der Waals surface area (Å²) in [5.41, 5.74) is 0.982. The Kier molecular flexibility index (Phi) is 7.09. The first kappa shape index (κ1) is 24.0. The Morgan fingerprint density at radius 2 is 1.56 bits per heavy atom. The van der Waals surface area contributed by atoms with Crippen molar-refractivity contribution in [3.05, 3.63) is 54.1 Å². The summed E-state index contributed by atoms with van der Waals surface area (Å²) in [5.74, 6) is -2.37. The molecule has 178 valence electrons. The third-order valence-electron chi connectivity index (χ3n) is 5.99. The normalized spacial score (nSPS) is 23.9. The average molecular weight is 505 g/mol. The van der Waals surface area contributed by atoms with Crippen LogP contribution < -0.4 is 15.0 Å². The van der Waals surface area contributed by atoms with E-state index in [1.807, 2.05) is 0 Å². The number of hydrogen-bond acceptors (Lipinski definition) is 6. The van der Waals surface area contributed by atoms with Crippen molar-refractivity contribution in [1.82, 2.24) is 0 Å². The summed E-state index contributed by atoms with van der Waals surface area (Å²) < 4.78 is 10.2. The smallest absolute Gasteiger partial charge is 0.338 e. The van der Waals surface area contributed by atoms with Crippen LogP contribution in [-0.4, -0.2) is 48.2 Å². The maximum atomic E-state index is 12.9. The van der Waals surface area contributed by atoms with Gasteiger partial charge >= 0.3 is 5.97 Å². The summed E-state index contributed by atoms with van der Waals surface area (Å²) in [4.78, 5) is 51.3. The number of halogens is 2. The van der Waals surface area contributed by atoms with Crippen molar-refractivity contribution >= 4 is 58.3 Å². The maximum Gasteiger partial charge on any atom is 0.338 e. The molecule has 10 heteroatoms. The molecule has 0 radical (unpaired) electrons. The third-order valence-corrected chi connectivity index (χ3v) is 7.08. The number of amides is 3. The van der Waals surface area contributed by atoms with Gasteiger partial charge in [-0.2, -0.15) is 0 Å². The van der Waals surface area contributed by atoms with Crippen molar-refractivity contribution in [1.29, 1.82) is 0 Å². The lowest BCUT2D eigenvalue weighted by molar-refractivity contribution is -0.122. The Hall–Kier alpha value is -3.10. The highest BCUT2D eigenvalue weighted by atomic mass is 35.5. The van der Waals surface area contributed by atoms with Crippen LogP contribution in [0, 0.1) is 11.8 Å². The van der Waals surface area contributed by atoms with E-state index in [2.05, 4.69) is 5.32 Å². The molecule has 0 unspecified atom stereocenters. The summed E-state index contributed by atoms with van der Waals surface area (Å²) in [5, 5.41) is 1.89. The van der Waals surface area contributed by atoms with Crippen LogP contribution >= 0.6 is 23.2 Å². The molecule has 1 saturated carbocycles. The number of fused-ring (bicyclic) bond motifs is 1. The zero-order chi connectivity index (χ0) is 24.4. The number of methoxy groups -OCH3 is 1. The number of nitrogens with one attached hydrogen (secondary N) is 1. The molecular formula is C24H22Cl2N2O6. The van der Waals surface area contributed by atoms with E-state index >= 15 is 0 Å². The molecule has 2 fully saturated rings. The van der Waals surface area contributed by atoms with E-state index in [9.17, 15) is 19.2 Å². The summed E-state index contributed by atoms with van der Waals surface area (Å²) in [7, 11) is 1.48. The van der Waals surface area contributed by atoms with Crippen LogP contribution in [0.2, 0.25) is 0 Å². The number of nitrogens with zero attached hydrogens (tertiary/aromatic N) is 1. The summed E-state index contributed by atoms with van der Waals surface area (Å²) in [6.45, 7) is -0.496. The molecule has 1 aliphatic heterocycles. The molecule has 1 saturated heterocycles. The van der Waals surface area contributed by atoms with E-state index in [-0.39, 0.29) is 28.1 Å². The highest BCUT2D eigenvalue weighted by molar-refractivity contribution is 6.31. The number of ether oxygens (including phenoxy) is 2. The van der Waals surface area contributed by atoms with Gasteiger partial charge in [0.2, 0.25) is 11.8 Å². The van der Waals surface area contributed by atoms with Crippen LogP contribution in [0.3, 0.4) is 0 Å². The predicted molar refractivity (Wildman–Crippen MR) is 126 cm³/mol. The van der Waals surface area contributed by atoms with Crippen LogP contribution in [0.4, 0.5) is 11.4 Å². The van der Waals surface area contributed by atoms with Gasteiger partial charge in [0.1, 0.15) is 5.75 Å². The number of anilines is 2. The molecule has 2 aliphatic rings. The Labute approximate surface area is 206 Å². The molecule has 1 aliphatic carbocycles. The largest absolute Gasteiger partial charge is 0.495 e. The minimum absolute atomic E-state index is 0.173. The number of para-hydroxylation sites is 2. The van der Waals surface area contributed by atoms with E-state index in [4.69, 9.17) is 32.7 Å². The minimum Gasteiger partial charge on any atom is -0.495 e. The molecule has 1 N–H and O–H groups in total. The highest BCUT2D eigenvalue weighted by Gasteiger charge is 2.52. The first-order valence-electron chi connectivity index (χ1n) is 10.7. The first-order chi connectivity index (χ1) is 16.3. The predicted octanol–water partition coefficient (Wildman–Crippen LogP) is 3.60. The van der Waals surface area contributed by atoms with Gasteiger partial charge < -0.3 is 14.8 Å². The molecule has 34 heavy (non-hydrogen) atoms. The number of carbonyl (C=O) groups is 4. The van der Waals surface area contributed by atoms with Gasteiger partial charge in [-0.25, -0.2) is 4.79 Å². The van der Waals surface area contributed by atoms with Crippen LogP contribution in [0.25, 0.3) is 0 Å². The maximum absolute atomic E-state index is 12.9. The highest BCUT2D eigenvalue weighted by Crippen LogP contribution is 2.43. The van der Waals surface area contributed by atoms with E-state index in [0.717, 1.165) is 4.90 Å². The molecule has 0 aromatic heterocycles. The van der Waals surface area contributed by atoms with Crippen molar-refractivity contribution < 1.29 is 28.7 Å². The van der Waals surface area contributed by atoms with Crippen molar-refractivity contribution in [2.75, 3.05) is 23.9 Å². The second kappa shape index (κ2) is 10.0. The number of benzene rings is 2. The van der Waals surface area contributed by atoms with E-state index in [0.29, 0.717) is 30.0 Å². The zero-order valence-electron chi connectivity index (χ0n) is 18.2. The Morgan fingerprint density at radius 3 is 2.15 bits per heavy atom. The molecule has 4 atom stereocenters. The molecule has 1 heterocycles. The lowest BCUT2D eigenvalue weighted by Crippen LogP contribution is -2.34. The van der Waals surface area contributed by atoms with Crippen LogP contribution in [0.15, 0.2) is 48.5 Å². The van der Waals surface area contributed by atoms with E-state index < -0.39 is 30.3 Å². The SMILES string of the molecule is COc1ccccc1NC(=O)COC(=O)c1ccc(N2C(=O)[C@H]3C[C@@H](Cl)[C@@H](Cl)C[C@H]3C2=O)cc1. The fourth-order valence-corrected chi connectivity index (χ4v) is 4.83. The van der Waals surface area contributed by atoms with Gasteiger partial charge in [-0.05, 0) is 49.2 Å². The summed E-state index contributed by atoms with van der Waals surface area (Å²) >= 11 is 12.4. The molecule has 0 bridgehead atoms. The monoisotopic (exact) mass is 504 g/mol. The number of carbonyl (C=O) groups excluding carboxylic acids is 4. The van der Waals surface area contributed by atoms with Crippen molar-refractivity contribution in [3.63, 3.8) is 0 Å². The topological polar surface area (TPSA) is 102 Å². The molecule has 4 rings (SSSR count). The van der Waals surface area contributed by atoms with E-state index in [1.165, 1.54) is 31.4 Å². The fourth-order valence-electron chi connectivity index (χ4n) is 4.24. The van der Waals surface area contributed by atoms with Gasteiger partial charge in [0, 0.05) is 0 Å². The van der Waals surface area contributed by atoms with Crippen molar-refractivity contribution in [3.8, 4) is 5.75 Å². The lowest BCUT2D eigenvalue weighted by Gasteiger charge is -2.28. The molecule has 0 spiro atoms. The number of alkyl halides is 2. The summed E-state index contributed by atoms with van der Waals surface area (Å²) in [6, 6.07) is 12.7. The summed E-state index contributed by atoms with van der Waals surface area (Å²) in [6.07, 6.45) is 0.700. The van der Waals surface area contributed by atoms with Crippen molar-refractivity contribution in [2.45, 2.75) is 23.6 Å². The van der Waals surface area contributed by atoms with Crippen LogP contribution in [0.1, 0.15) is 23.2 Å². The van der Waals surface area contributed by atoms with Crippen molar-refractivity contribution in [2.24, 2.45) is 11.8 Å². The van der Waals surface area contributed by atoms with Gasteiger partial charge in [-0.3, -0.25) is 19.3 Å². The van der Waals surface area contributed by atoms with Gasteiger partial charge in [-0.15, -0.1) is 23.2 Å². The fraction of sp³-hybridized carbons (Fsp3) is 0.333. The van der Waals surface area contributed by atoms with E-state index in [1.54, 1.807) is 24.3 Å². The number of esters is 1. The molecular weight excluding hydrogens is 483 g/mol. The molecule has 2 aromatic carbocycles. The minimum atomic E-state index is -0.718. The quantitative estimate of drug-likeness (QED) is 0.366. The van der Waals surface area contributed by atoms with Crippen LogP contribution in [-0.2, 0) is 19.1 Å². The van der Waals surface area contributed by atoms with Gasteiger partial charge in [-0.1, -0.05) is 12.1 Å². The second-order valence-electron chi connectivity index (χ2n) is 8.10. The third kappa shape index (κ3) is 4.74. The molecule has 8 nitrogen and oxygen atoms in total. The van der Waals surface area contributed by atoms with Gasteiger partial charge in [0.05, 0.1) is 46.6 Å². The number of imide groups is 1. The number of hydrogen-bond donors (Lipinski definition) is 1. The Morgan fingerprint density at radius 1 is 0.971 bits per heavy atom. The average Bonchev–Trinajstić information content (AvgIpc) is 3.07. The lowest BCUT2D eigenvalue weighted by atomic mass is 9.80. The van der Waals surface area contributed by atoms with Crippen LogP contribution in [0.5, 0.6) is 5.75 Å². The molecule has 2 aromatic rings. The number of rotatable bonds is 6. The first-order valence-corrected chi connectivity index (χ1v) is 11.5. The Bertz CT molecular complexity index is 1090. The zero-order valence-corrected chi connectivity index (χ0v) is 19.7. The van der Waals surface area contributed by atoms with Gasteiger partial charge in [0.25, 0.3) is 5.91 Å². The standard InChI is InChI=1S/C24H22Cl2N2O6/c1-33-20-5-3-2-4-19(20)27-21(29)12-34-24(32)13-6-8-14(9-7-13)28-22(30)15-10-17(25)18(26)11-16(15)23(28)31/h2-9,15-18H,10-12H2,1H3,(H,27,29)/t15-,16+,17+,18-. The Balaban J connectivity index is 1.37. The second-order valence-corrected chi connectivity index (χ2v) is 9.22.